The largest absolute Gasteiger partial charge is 0.466 e. The highest BCUT2D eigenvalue weighted by Crippen LogP contribution is 2.28. The van der Waals surface area contributed by atoms with Gasteiger partial charge >= 0.3 is 11.9 Å². The predicted molar refractivity (Wildman–Crippen MR) is 114 cm³/mol. The van der Waals surface area contributed by atoms with Crippen LogP contribution < -0.4 is 4.74 Å². The van der Waals surface area contributed by atoms with Gasteiger partial charge in [-0.25, -0.2) is 0 Å². The third-order valence-electron chi connectivity index (χ3n) is 4.32. The molecule has 0 aromatic heterocycles. The van der Waals surface area contributed by atoms with Crippen molar-refractivity contribution in [1.82, 2.24) is 0 Å². The second kappa shape index (κ2) is 14.7. The van der Waals surface area contributed by atoms with E-state index in [1.54, 1.807) is 12.1 Å². The molecule has 0 saturated heterocycles. The van der Waals surface area contributed by atoms with Crippen molar-refractivity contribution in [3.63, 3.8) is 0 Å². The molecule has 0 aliphatic carbocycles. The summed E-state index contributed by atoms with van der Waals surface area (Å²) < 4.78 is 10.5. The third kappa shape index (κ3) is 12.2. The first-order chi connectivity index (χ1) is 13.4. The summed E-state index contributed by atoms with van der Waals surface area (Å²) in [5, 5.41) is 0.850. The highest BCUT2D eigenvalue weighted by molar-refractivity contribution is 6.34. The Morgan fingerprint density at radius 3 is 2.14 bits per heavy atom. The summed E-state index contributed by atoms with van der Waals surface area (Å²) in [4.78, 5) is 23.5. The molecule has 4 nitrogen and oxygen atoms in total. The number of carbonyl (C=O) groups excluding carboxylic acids is 2. The number of hydrogen-bond donors (Lipinski definition) is 0. The SMILES string of the molecule is CC(C)CCCOC(=O)CCCCCCCCC(=O)Oc1cc(Cl)ccc1Cl. The second-order valence-corrected chi connectivity index (χ2v) is 8.27. The molecule has 1 rings (SSSR count). The molecule has 0 unspecified atom stereocenters. The number of rotatable bonds is 14. The summed E-state index contributed by atoms with van der Waals surface area (Å²) in [6.07, 6.45) is 8.56. The van der Waals surface area contributed by atoms with Crippen molar-refractivity contribution >= 4 is 35.1 Å². The molecule has 0 amide bonds. The number of halogens is 2. The van der Waals surface area contributed by atoms with Crippen LogP contribution in [0.5, 0.6) is 5.75 Å². The molecule has 0 spiro atoms. The molecule has 0 heterocycles. The Morgan fingerprint density at radius 1 is 0.893 bits per heavy atom. The maximum Gasteiger partial charge on any atom is 0.311 e. The number of ether oxygens (including phenoxy) is 2. The normalized spacial score (nSPS) is 10.9. The zero-order valence-electron chi connectivity index (χ0n) is 17.0. The fourth-order valence-corrected chi connectivity index (χ4v) is 3.04. The van der Waals surface area contributed by atoms with E-state index >= 15 is 0 Å². The van der Waals surface area contributed by atoms with Crippen LogP contribution in [0.25, 0.3) is 0 Å². The molecule has 0 radical (unpaired) electrons. The molecule has 0 N–H and O–H groups in total. The number of hydrogen-bond acceptors (Lipinski definition) is 4. The molecule has 158 valence electrons. The van der Waals surface area contributed by atoms with E-state index in [2.05, 4.69) is 13.8 Å². The van der Waals surface area contributed by atoms with Gasteiger partial charge in [0.1, 0.15) is 0 Å². The first kappa shape index (κ1) is 24.8. The summed E-state index contributed by atoms with van der Waals surface area (Å²) in [6.45, 7) is 4.87. The predicted octanol–water partition coefficient (Wildman–Crippen LogP) is 7.00. The van der Waals surface area contributed by atoms with E-state index in [1.165, 1.54) is 6.07 Å². The molecule has 28 heavy (non-hydrogen) atoms. The van der Waals surface area contributed by atoms with E-state index in [4.69, 9.17) is 32.7 Å². The maximum absolute atomic E-state index is 11.9. The first-order valence-corrected chi connectivity index (χ1v) is 11.0. The first-order valence-electron chi connectivity index (χ1n) is 10.2. The topological polar surface area (TPSA) is 52.6 Å². The van der Waals surface area contributed by atoms with Gasteiger partial charge in [0.25, 0.3) is 0 Å². The molecule has 6 heteroatoms. The van der Waals surface area contributed by atoms with Crippen LogP contribution in [0, 0.1) is 5.92 Å². The lowest BCUT2D eigenvalue weighted by Crippen LogP contribution is -2.07. The number of esters is 2. The molecule has 0 fully saturated rings. The van der Waals surface area contributed by atoms with Crippen LogP contribution in [0.4, 0.5) is 0 Å². The molecule has 1 aromatic carbocycles. The number of unbranched alkanes of at least 4 members (excludes halogenated alkanes) is 5. The van der Waals surface area contributed by atoms with Crippen LogP contribution in [0.2, 0.25) is 10.0 Å². The van der Waals surface area contributed by atoms with Gasteiger partial charge in [-0.2, -0.15) is 0 Å². The average Bonchev–Trinajstić information content (AvgIpc) is 2.64. The van der Waals surface area contributed by atoms with E-state index < -0.39 is 0 Å². The minimum Gasteiger partial charge on any atom is -0.466 e. The van der Waals surface area contributed by atoms with Gasteiger partial charge in [-0.1, -0.05) is 62.7 Å². The smallest absolute Gasteiger partial charge is 0.311 e. The monoisotopic (exact) mass is 430 g/mol. The van der Waals surface area contributed by atoms with Crippen molar-refractivity contribution in [3.05, 3.63) is 28.2 Å². The standard InChI is InChI=1S/C22H32Cl2O4/c1-17(2)10-9-15-27-21(25)11-7-5-3-4-6-8-12-22(26)28-20-16-18(23)13-14-19(20)24/h13-14,16-17H,3-12,15H2,1-2H3. The van der Waals surface area contributed by atoms with Crippen LogP contribution in [-0.2, 0) is 14.3 Å². The van der Waals surface area contributed by atoms with Crippen molar-refractivity contribution < 1.29 is 19.1 Å². The molecular formula is C22H32Cl2O4. The van der Waals surface area contributed by atoms with E-state index in [-0.39, 0.29) is 11.9 Å². The summed E-state index contributed by atoms with van der Waals surface area (Å²) in [6, 6.07) is 4.79. The quantitative estimate of drug-likeness (QED) is 0.181. The Kier molecular flexibility index (Phi) is 13.0. The van der Waals surface area contributed by atoms with Gasteiger partial charge in [-0.15, -0.1) is 0 Å². The van der Waals surface area contributed by atoms with Crippen LogP contribution in [0.1, 0.15) is 78.1 Å². The summed E-state index contributed by atoms with van der Waals surface area (Å²) in [7, 11) is 0. The van der Waals surface area contributed by atoms with Gasteiger partial charge in [0, 0.05) is 23.9 Å². The van der Waals surface area contributed by atoms with Gasteiger partial charge in [0.2, 0.25) is 0 Å². The Hall–Kier alpha value is -1.26. The summed E-state index contributed by atoms with van der Waals surface area (Å²) in [5.41, 5.74) is 0. The molecule has 1 aromatic rings. The molecule has 0 saturated carbocycles. The highest BCUT2D eigenvalue weighted by Gasteiger charge is 2.09. The van der Waals surface area contributed by atoms with Gasteiger partial charge in [-0.05, 0) is 43.7 Å². The minimum atomic E-state index is -0.302. The van der Waals surface area contributed by atoms with Crippen molar-refractivity contribution in [2.75, 3.05) is 6.61 Å². The average molecular weight is 431 g/mol. The van der Waals surface area contributed by atoms with Crippen LogP contribution in [0.15, 0.2) is 18.2 Å². The Bertz CT molecular complexity index is 602. The molecular weight excluding hydrogens is 399 g/mol. The third-order valence-corrected chi connectivity index (χ3v) is 4.87. The molecule has 0 aliphatic rings. The molecule has 0 bridgehead atoms. The number of carbonyl (C=O) groups is 2. The van der Waals surface area contributed by atoms with Gasteiger partial charge in [0.15, 0.2) is 5.75 Å². The summed E-state index contributed by atoms with van der Waals surface area (Å²) in [5.74, 6) is 0.556. The van der Waals surface area contributed by atoms with Gasteiger partial charge in [0.05, 0.1) is 11.6 Å². The van der Waals surface area contributed by atoms with Crippen molar-refractivity contribution in [2.45, 2.75) is 78.1 Å². The fraction of sp³-hybridized carbons (Fsp3) is 0.636. The van der Waals surface area contributed by atoms with Crippen molar-refractivity contribution in [1.29, 1.82) is 0 Å². The van der Waals surface area contributed by atoms with E-state index in [9.17, 15) is 9.59 Å². The lowest BCUT2D eigenvalue weighted by atomic mass is 10.1. The lowest BCUT2D eigenvalue weighted by molar-refractivity contribution is -0.144. The Morgan fingerprint density at radius 2 is 1.50 bits per heavy atom. The zero-order chi connectivity index (χ0) is 20.8. The Balaban J connectivity index is 1.98. The Labute approximate surface area is 178 Å². The van der Waals surface area contributed by atoms with Crippen LogP contribution in [-0.4, -0.2) is 18.5 Å². The van der Waals surface area contributed by atoms with E-state index in [0.29, 0.717) is 41.2 Å². The fourth-order valence-electron chi connectivity index (χ4n) is 2.72. The van der Waals surface area contributed by atoms with Crippen LogP contribution >= 0.6 is 23.2 Å². The van der Waals surface area contributed by atoms with Gasteiger partial charge < -0.3 is 9.47 Å². The lowest BCUT2D eigenvalue weighted by Gasteiger charge is -2.07. The van der Waals surface area contributed by atoms with Crippen molar-refractivity contribution in [2.24, 2.45) is 5.92 Å². The van der Waals surface area contributed by atoms with E-state index in [1.807, 2.05) is 0 Å². The minimum absolute atomic E-state index is 0.0915. The van der Waals surface area contributed by atoms with Crippen LogP contribution in [0.3, 0.4) is 0 Å². The second-order valence-electron chi connectivity index (χ2n) is 7.43. The number of benzene rings is 1. The summed E-state index contributed by atoms with van der Waals surface area (Å²) >= 11 is 11.8. The maximum atomic E-state index is 11.9. The van der Waals surface area contributed by atoms with E-state index in [0.717, 1.165) is 51.4 Å². The zero-order valence-corrected chi connectivity index (χ0v) is 18.5. The molecule has 0 atom stereocenters. The van der Waals surface area contributed by atoms with Crippen molar-refractivity contribution in [3.8, 4) is 5.75 Å². The molecule has 0 aliphatic heterocycles. The van der Waals surface area contributed by atoms with Gasteiger partial charge in [-0.3, -0.25) is 9.59 Å². The highest BCUT2D eigenvalue weighted by atomic mass is 35.5.